The van der Waals surface area contributed by atoms with E-state index >= 15 is 0 Å². The predicted octanol–water partition coefficient (Wildman–Crippen LogP) is 3.32. The number of sulfonamides is 1. The van der Waals surface area contributed by atoms with Crippen molar-refractivity contribution in [2.24, 2.45) is 5.92 Å². The van der Waals surface area contributed by atoms with Crippen LogP contribution in [0.3, 0.4) is 0 Å². The third kappa shape index (κ3) is 4.20. The van der Waals surface area contributed by atoms with Gasteiger partial charge >= 0.3 is 0 Å². The third-order valence-electron chi connectivity index (χ3n) is 4.09. The first-order chi connectivity index (χ1) is 10.0. The van der Waals surface area contributed by atoms with Crippen molar-refractivity contribution in [1.82, 2.24) is 4.31 Å². The summed E-state index contributed by atoms with van der Waals surface area (Å²) in [5.74, 6) is 0.626. The van der Waals surface area contributed by atoms with E-state index in [9.17, 15) is 8.42 Å². The van der Waals surface area contributed by atoms with Crippen LogP contribution in [0.15, 0.2) is 29.2 Å². The summed E-state index contributed by atoms with van der Waals surface area (Å²) in [6, 6.07) is 7.13. The van der Waals surface area contributed by atoms with Gasteiger partial charge in [-0.05, 0) is 49.4 Å². The minimum absolute atomic E-state index is 0.401. The Morgan fingerprint density at radius 3 is 2.38 bits per heavy atom. The molecule has 1 aliphatic heterocycles. The summed E-state index contributed by atoms with van der Waals surface area (Å²) >= 11 is 0. The molecule has 0 saturated carbocycles. The average Bonchev–Trinajstić information content (AvgIpc) is 2.48. The molecule has 0 amide bonds. The van der Waals surface area contributed by atoms with Gasteiger partial charge < -0.3 is 5.32 Å². The molecule has 1 N–H and O–H groups in total. The molecule has 0 radical (unpaired) electrons. The van der Waals surface area contributed by atoms with Gasteiger partial charge in [0.05, 0.1) is 4.90 Å². The lowest BCUT2D eigenvalue weighted by Gasteiger charge is -2.29. The number of hydrogen-bond donors (Lipinski definition) is 1. The quantitative estimate of drug-likeness (QED) is 0.820. The first-order valence-corrected chi connectivity index (χ1v) is 9.32. The van der Waals surface area contributed by atoms with E-state index in [1.54, 1.807) is 16.4 Å². The van der Waals surface area contributed by atoms with E-state index in [0.717, 1.165) is 37.9 Å². The summed E-state index contributed by atoms with van der Waals surface area (Å²) in [4.78, 5) is 0.401. The molecule has 0 spiro atoms. The number of nitrogens with one attached hydrogen (secondary N) is 1. The van der Waals surface area contributed by atoms with Crippen molar-refractivity contribution in [3.63, 3.8) is 0 Å². The molecule has 0 bridgehead atoms. The summed E-state index contributed by atoms with van der Waals surface area (Å²) in [5.41, 5.74) is 0.981. The Balaban J connectivity index is 2.03. The zero-order chi connectivity index (χ0) is 15.3. The van der Waals surface area contributed by atoms with E-state index in [-0.39, 0.29) is 0 Å². The monoisotopic (exact) mass is 310 g/mol. The molecule has 1 saturated heterocycles. The molecule has 0 atom stereocenters. The lowest BCUT2D eigenvalue weighted by atomic mass is 10.0. The fourth-order valence-electron chi connectivity index (χ4n) is 2.53. The molecule has 0 unspecified atom stereocenters. The fraction of sp³-hybridized carbons (Fsp3) is 0.625. The minimum Gasteiger partial charge on any atom is -0.385 e. The molecule has 2 rings (SSSR count). The van der Waals surface area contributed by atoms with Crippen molar-refractivity contribution in [2.45, 2.75) is 44.4 Å². The molecule has 21 heavy (non-hydrogen) atoms. The van der Waals surface area contributed by atoms with Crippen LogP contribution in [0.2, 0.25) is 0 Å². The van der Waals surface area contributed by atoms with Crippen LogP contribution in [0.4, 0.5) is 5.69 Å². The van der Waals surface area contributed by atoms with E-state index in [1.165, 1.54) is 0 Å². The smallest absolute Gasteiger partial charge is 0.243 e. The topological polar surface area (TPSA) is 49.4 Å². The first-order valence-electron chi connectivity index (χ1n) is 7.88. The molecule has 118 valence electrons. The largest absolute Gasteiger partial charge is 0.385 e. The first kappa shape index (κ1) is 16.3. The Bertz CT molecular complexity index is 532. The van der Waals surface area contributed by atoms with Gasteiger partial charge in [-0.15, -0.1) is 0 Å². The van der Waals surface area contributed by atoms with E-state index in [2.05, 4.69) is 19.2 Å². The number of unbranched alkanes of at least 4 members (excludes halogenated alkanes) is 1. The standard InChI is InChI=1S/C16H26N2O2S/c1-3-4-11-17-15-5-7-16(8-6-15)21(19,20)18-12-9-14(2)10-13-18/h5-8,14,17H,3-4,9-13H2,1-2H3. The van der Waals surface area contributed by atoms with E-state index < -0.39 is 10.0 Å². The normalized spacial score (nSPS) is 17.8. The Morgan fingerprint density at radius 2 is 1.81 bits per heavy atom. The summed E-state index contributed by atoms with van der Waals surface area (Å²) in [5, 5.41) is 3.30. The maximum Gasteiger partial charge on any atom is 0.243 e. The van der Waals surface area contributed by atoms with Gasteiger partial charge in [0.15, 0.2) is 0 Å². The van der Waals surface area contributed by atoms with Crippen molar-refractivity contribution in [2.75, 3.05) is 25.0 Å². The maximum absolute atomic E-state index is 12.6. The fourth-order valence-corrected chi connectivity index (χ4v) is 4.00. The van der Waals surface area contributed by atoms with Gasteiger partial charge in [-0.1, -0.05) is 20.3 Å². The lowest BCUT2D eigenvalue weighted by Crippen LogP contribution is -2.37. The highest BCUT2D eigenvalue weighted by Crippen LogP contribution is 2.24. The van der Waals surface area contributed by atoms with Crippen LogP contribution in [-0.4, -0.2) is 32.4 Å². The van der Waals surface area contributed by atoms with Crippen LogP contribution in [0.1, 0.15) is 39.5 Å². The Labute approximate surface area is 128 Å². The Kier molecular flexibility index (Phi) is 5.65. The van der Waals surface area contributed by atoms with Crippen molar-refractivity contribution in [3.8, 4) is 0 Å². The average molecular weight is 310 g/mol. The maximum atomic E-state index is 12.6. The van der Waals surface area contributed by atoms with Gasteiger partial charge in [-0.25, -0.2) is 8.42 Å². The highest BCUT2D eigenvalue weighted by molar-refractivity contribution is 7.89. The minimum atomic E-state index is -3.32. The molecule has 0 aliphatic carbocycles. The van der Waals surface area contributed by atoms with Crippen molar-refractivity contribution in [1.29, 1.82) is 0 Å². The van der Waals surface area contributed by atoms with Crippen molar-refractivity contribution < 1.29 is 8.42 Å². The SMILES string of the molecule is CCCCNc1ccc(S(=O)(=O)N2CCC(C)CC2)cc1. The third-order valence-corrected chi connectivity index (χ3v) is 6.01. The molecule has 0 aromatic heterocycles. The summed E-state index contributed by atoms with van der Waals surface area (Å²) in [7, 11) is -3.32. The van der Waals surface area contributed by atoms with Gasteiger partial charge in [-0.2, -0.15) is 4.31 Å². The number of rotatable bonds is 6. The van der Waals surface area contributed by atoms with Crippen LogP contribution < -0.4 is 5.32 Å². The van der Waals surface area contributed by atoms with Gasteiger partial charge in [0.25, 0.3) is 0 Å². The molecular weight excluding hydrogens is 284 g/mol. The molecule has 1 fully saturated rings. The Hall–Kier alpha value is -1.07. The molecule has 1 aliphatic rings. The van der Waals surface area contributed by atoms with Crippen LogP contribution in [0.25, 0.3) is 0 Å². The van der Waals surface area contributed by atoms with Crippen LogP contribution in [-0.2, 0) is 10.0 Å². The van der Waals surface area contributed by atoms with Crippen molar-refractivity contribution in [3.05, 3.63) is 24.3 Å². The zero-order valence-electron chi connectivity index (χ0n) is 13.0. The van der Waals surface area contributed by atoms with E-state index in [0.29, 0.717) is 23.9 Å². The number of piperidine rings is 1. The lowest BCUT2D eigenvalue weighted by molar-refractivity contribution is 0.288. The van der Waals surface area contributed by atoms with Crippen LogP contribution in [0, 0.1) is 5.92 Å². The highest BCUT2D eigenvalue weighted by Gasteiger charge is 2.27. The van der Waals surface area contributed by atoms with E-state index in [4.69, 9.17) is 0 Å². The summed E-state index contributed by atoms with van der Waals surface area (Å²) in [6.07, 6.45) is 4.17. The predicted molar refractivity (Wildman–Crippen MR) is 87.0 cm³/mol. The zero-order valence-corrected chi connectivity index (χ0v) is 13.8. The molecule has 5 heteroatoms. The highest BCUT2D eigenvalue weighted by atomic mass is 32.2. The van der Waals surface area contributed by atoms with E-state index in [1.807, 2.05) is 12.1 Å². The van der Waals surface area contributed by atoms with Gasteiger partial charge in [0.1, 0.15) is 0 Å². The molecule has 1 heterocycles. The van der Waals surface area contributed by atoms with Gasteiger partial charge in [0, 0.05) is 25.3 Å². The van der Waals surface area contributed by atoms with Crippen molar-refractivity contribution >= 4 is 15.7 Å². The summed E-state index contributed by atoms with van der Waals surface area (Å²) < 4.78 is 26.8. The number of hydrogen-bond acceptors (Lipinski definition) is 3. The summed E-state index contributed by atoms with van der Waals surface area (Å²) in [6.45, 7) is 6.53. The molecule has 1 aromatic rings. The Morgan fingerprint density at radius 1 is 1.19 bits per heavy atom. The number of benzene rings is 1. The second-order valence-corrected chi connectivity index (χ2v) is 7.83. The van der Waals surface area contributed by atoms with Crippen LogP contribution in [0.5, 0.6) is 0 Å². The van der Waals surface area contributed by atoms with Crippen LogP contribution >= 0.6 is 0 Å². The second kappa shape index (κ2) is 7.27. The molecule has 4 nitrogen and oxygen atoms in total. The number of anilines is 1. The molecular formula is C16H26N2O2S. The van der Waals surface area contributed by atoms with Gasteiger partial charge in [0.2, 0.25) is 10.0 Å². The van der Waals surface area contributed by atoms with Gasteiger partial charge in [-0.3, -0.25) is 0 Å². The second-order valence-electron chi connectivity index (χ2n) is 5.89. The molecule has 1 aromatic carbocycles. The number of nitrogens with zero attached hydrogens (tertiary/aromatic N) is 1.